The number of hydrogen-bond acceptors (Lipinski definition) is 5. The molecule has 0 saturated carbocycles. The number of rotatable bonds is 2. The predicted molar refractivity (Wildman–Crippen MR) is 71.7 cm³/mol. The van der Waals surface area contributed by atoms with E-state index in [2.05, 4.69) is 4.98 Å². The Morgan fingerprint density at radius 1 is 1.50 bits per heavy atom. The average molecular weight is 303 g/mol. The number of aromatic nitrogens is 1. The molecule has 96 valence electrons. The molecule has 1 aromatic rings. The van der Waals surface area contributed by atoms with E-state index in [-0.39, 0.29) is 11.8 Å². The lowest BCUT2D eigenvalue weighted by Crippen LogP contribution is -2.35. The second-order valence-electron chi connectivity index (χ2n) is 4.62. The highest BCUT2D eigenvalue weighted by Crippen LogP contribution is 2.45. The van der Waals surface area contributed by atoms with E-state index in [0.717, 1.165) is 22.8 Å². The van der Waals surface area contributed by atoms with Crippen LogP contribution in [0.5, 0.6) is 0 Å². The standard InChI is InChI=1S/C11H11ClN2O2S2/c12-10-13-4-7(18-10)5-14-8(15)3-11(9(14)16)1-2-17-6-11/h4H,1-3,5-6H2/t11-/m0/s1. The largest absolute Gasteiger partial charge is 0.277 e. The van der Waals surface area contributed by atoms with Crippen LogP contribution < -0.4 is 0 Å². The van der Waals surface area contributed by atoms with E-state index in [1.54, 1.807) is 18.0 Å². The van der Waals surface area contributed by atoms with Gasteiger partial charge in [-0.3, -0.25) is 14.5 Å². The Labute approximate surface area is 118 Å². The van der Waals surface area contributed by atoms with Crippen LogP contribution in [0.2, 0.25) is 4.47 Å². The van der Waals surface area contributed by atoms with E-state index in [1.165, 1.54) is 16.2 Å². The number of thiazole rings is 1. The Kier molecular flexibility index (Phi) is 3.11. The van der Waals surface area contributed by atoms with Gasteiger partial charge in [-0.2, -0.15) is 11.8 Å². The van der Waals surface area contributed by atoms with E-state index in [4.69, 9.17) is 11.6 Å². The molecule has 2 aliphatic rings. The third-order valence-electron chi connectivity index (χ3n) is 3.43. The maximum absolute atomic E-state index is 12.4. The SMILES string of the molecule is O=C1C[C@]2(CCSC2)C(=O)N1Cc1cnc(Cl)s1. The van der Waals surface area contributed by atoms with Crippen molar-refractivity contribution >= 4 is 46.5 Å². The van der Waals surface area contributed by atoms with Crippen LogP contribution >= 0.6 is 34.7 Å². The van der Waals surface area contributed by atoms with E-state index < -0.39 is 5.41 Å². The summed E-state index contributed by atoms with van der Waals surface area (Å²) in [7, 11) is 0. The van der Waals surface area contributed by atoms with Crippen LogP contribution in [0, 0.1) is 5.41 Å². The fraction of sp³-hybridized carbons (Fsp3) is 0.545. The normalized spacial score (nSPS) is 27.7. The number of carbonyl (C=O) groups excluding carboxylic acids is 2. The Morgan fingerprint density at radius 3 is 2.94 bits per heavy atom. The molecule has 3 rings (SSSR count). The van der Waals surface area contributed by atoms with Crippen molar-refractivity contribution in [3.8, 4) is 0 Å². The van der Waals surface area contributed by atoms with Crippen molar-refractivity contribution in [3.05, 3.63) is 15.5 Å². The molecule has 3 heterocycles. The molecule has 2 aliphatic heterocycles. The molecular formula is C11H11ClN2O2S2. The zero-order valence-corrected chi connectivity index (χ0v) is 11.9. The minimum absolute atomic E-state index is 0.0120. The van der Waals surface area contributed by atoms with Gasteiger partial charge in [0.1, 0.15) is 0 Å². The monoisotopic (exact) mass is 302 g/mol. The zero-order chi connectivity index (χ0) is 12.8. The van der Waals surface area contributed by atoms with Gasteiger partial charge in [-0.15, -0.1) is 11.3 Å². The van der Waals surface area contributed by atoms with Gasteiger partial charge >= 0.3 is 0 Å². The van der Waals surface area contributed by atoms with Crippen LogP contribution in [0.4, 0.5) is 0 Å². The number of imide groups is 1. The van der Waals surface area contributed by atoms with Crippen molar-refractivity contribution in [2.75, 3.05) is 11.5 Å². The molecule has 7 heteroatoms. The lowest BCUT2D eigenvalue weighted by Gasteiger charge is -2.19. The number of amides is 2. The predicted octanol–water partition coefficient (Wildman–Crippen LogP) is 2.18. The van der Waals surface area contributed by atoms with Gasteiger partial charge in [0.25, 0.3) is 0 Å². The third kappa shape index (κ3) is 1.96. The molecule has 0 radical (unpaired) electrons. The number of nitrogens with zero attached hydrogens (tertiary/aromatic N) is 2. The highest BCUT2D eigenvalue weighted by atomic mass is 35.5. The first kappa shape index (κ1) is 12.4. The summed E-state index contributed by atoms with van der Waals surface area (Å²) in [5.41, 5.74) is -0.420. The summed E-state index contributed by atoms with van der Waals surface area (Å²) in [4.78, 5) is 30.5. The van der Waals surface area contributed by atoms with Gasteiger partial charge in [-0.25, -0.2) is 4.98 Å². The maximum Gasteiger partial charge on any atom is 0.237 e. The molecule has 1 aromatic heterocycles. The summed E-state index contributed by atoms with van der Waals surface area (Å²) in [6.07, 6.45) is 2.81. The number of carbonyl (C=O) groups is 2. The van der Waals surface area contributed by atoms with Crippen molar-refractivity contribution in [3.63, 3.8) is 0 Å². The Hall–Kier alpha value is -0.590. The number of likely N-dealkylation sites (tertiary alicyclic amines) is 1. The quantitative estimate of drug-likeness (QED) is 0.786. The molecule has 2 amide bonds. The molecule has 0 unspecified atom stereocenters. The molecule has 1 spiro atoms. The van der Waals surface area contributed by atoms with Gasteiger partial charge in [-0.05, 0) is 12.2 Å². The molecule has 0 aromatic carbocycles. The molecule has 0 bridgehead atoms. The molecule has 1 atom stereocenters. The van der Waals surface area contributed by atoms with Crippen LogP contribution in [0.25, 0.3) is 0 Å². The molecular weight excluding hydrogens is 292 g/mol. The van der Waals surface area contributed by atoms with Gasteiger partial charge in [0.2, 0.25) is 11.8 Å². The summed E-state index contributed by atoms with van der Waals surface area (Å²) in [6, 6.07) is 0. The van der Waals surface area contributed by atoms with Crippen molar-refractivity contribution in [2.45, 2.75) is 19.4 Å². The summed E-state index contributed by atoms with van der Waals surface area (Å²) in [5.74, 6) is 1.67. The highest BCUT2D eigenvalue weighted by Gasteiger charge is 2.52. The second-order valence-corrected chi connectivity index (χ2v) is 7.43. The lowest BCUT2D eigenvalue weighted by molar-refractivity contribution is -0.141. The molecule has 2 saturated heterocycles. The summed E-state index contributed by atoms with van der Waals surface area (Å²) in [6.45, 7) is 0.314. The fourth-order valence-electron chi connectivity index (χ4n) is 2.45. The second kappa shape index (κ2) is 4.51. The van der Waals surface area contributed by atoms with Crippen LogP contribution in [-0.4, -0.2) is 33.2 Å². The van der Waals surface area contributed by atoms with Crippen molar-refractivity contribution in [1.82, 2.24) is 9.88 Å². The molecule has 4 nitrogen and oxygen atoms in total. The highest BCUT2D eigenvalue weighted by molar-refractivity contribution is 7.99. The van der Waals surface area contributed by atoms with E-state index in [1.807, 2.05) is 0 Å². The first-order valence-corrected chi connectivity index (χ1v) is 7.98. The van der Waals surface area contributed by atoms with E-state index in [9.17, 15) is 9.59 Å². The molecule has 18 heavy (non-hydrogen) atoms. The smallest absolute Gasteiger partial charge is 0.237 e. The van der Waals surface area contributed by atoms with E-state index in [0.29, 0.717) is 17.4 Å². The average Bonchev–Trinajstić information content (AvgIpc) is 2.99. The molecule has 2 fully saturated rings. The van der Waals surface area contributed by atoms with Crippen LogP contribution in [0.1, 0.15) is 17.7 Å². The Morgan fingerprint density at radius 2 is 2.33 bits per heavy atom. The summed E-state index contributed by atoms with van der Waals surface area (Å²) in [5, 5.41) is 0. The first-order chi connectivity index (χ1) is 8.61. The van der Waals surface area contributed by atoms with Gasteiger partial charge in [0.05, 0.1) is 12.0 Å². The Bertz CT molecular complexity index is 511. The number of thioether (sulfide) groups is 1. The van der Waals surface area contributed by atoms with Gasteiger partial charge < -0.3 is 0 Å². The number of halogens is 1. The zero-order valence-electron chi connectivity index (χ0n) is 9.52. The molecule has 0 N–H and O–H groups in total. The van der Waals surface area contributed by atoms with Crippen molar-refractivity contribution in [2.24, 2.45) is 5.41 Å². The maximum atomic E-state index is 12.4. The minimum Gasteiger partial charge on any atom is -0.277 e. The minimum atomic E-state index is -0.420. The van der Waals surface area contributed by atoms with Crippen molar-refractivity contribution < 1.29 is 9.59 Å². The van der Waals surface area contributed by atoms with Crippen LogP contribution in [0.15, 0.2) is 6.20 Å². The van der Waals surface area contributed by atoms with Gasteiger partial charge in [-0.1, -0.05) is 11.6 Å². The number of hydrogen-bond donors (Lipinski definition) is 0. The topological polar surface area (TPSA) is 50.3 Å². The van der Waals surface area contributed by atoms with Gasteiger partial charge in [0, 0.05) is 23.2 Å². The van der Waals surface area contributed by atoms with Crippen LogP contribution in [-0.2, 0) is 16.1 Å². The molecule has 0 aliphatic carbocycles. The summed E-state index contributed by atoms with van der Waals surface area (Å²) >= 11 is 8.83. The first-order valence-electron chi connectivity index (χ1n) is 5.63. The Balaban J connectivity index is 1.80. The van der Waals surface area contributed by atoms with Gasteiger partial charge in [0.15, 0.2) is 4.47 Å². The lowest BCUT2D eigenvalue weighted by atomic mass is 9.86. The van der Waals surface area contributed by atoms with Crippen LogP contribution in [0.3, 0.4) is 0 Å². The fourth-order valence-corrected chi connectivity index (χ4v) is 4.85. The van der Waals surface area contributed by atoms with E-state index >= 15 is 0 Å². The third-order valence-corrected chi connectivity index (χ3v) is 5.78. The van der Waals surface area contributed by atoms with Crippen molar-refractivity contribution in [1.29, 1.82) is 0 Å². The summed E-state index contributed by atoms with van der Waals surface area (Å²) < 4.78 is 0.440.